The fraction of sp³-hybridized carbons (Fsp3) is 0.194. The average Bonchev–Trinajstić information content (AvgIpc) is 2.87. The van der Waals surface area contributed by atoms with Crippen molar-refractivity contribution in [3.8, 4) is 23.0 Å². The molecule has 37 heavy (non-hydrogen) atoms. The van der Waals surface area contributed by atoms with E-state index in [1.165, 1.54) is 6.07 Å². The number of phenols is 2. The molecule has 5 rings (SSSR count). The molecule has 5 nitrogen and oxygen atoms in total. The largest absolute Gasteiger partial charge is 0.534 e. The summed E-state index contributed by atoms with van der Waals surface area (Å²) < 4.78 is 13.3. The van der Waals surface area contributed by atoms with Crippen molar-refractivity contribution in [3.63, 3.8) is 0 Å². The number of Topliss-reactive ketones (excluding diaryl/α,β-unsaturated/α-hetero) is 1. The van der Waals surface area contributed by atoms with E-state index >= 15 is 0 Å². The van der Waals surface area contributed by atoms with Crippen LogP contribution in [0, 0.1) is 0 Å². The molecule has 1 aliphatic rings. The fourth-order valence-electron chi connectivity index (χ4n) is 5.17. The summed E-state index contributed by atoms with van der Waals surface area (Å²) in [4.78, 5) is 13.0. The lowest BCUT2D eigenvalue weighted by Gasteiger charge is -2.43. The van der Waals surface area contributed by atoms with Crippen molar-refractivity contribution in [1.29, 1.82) is 0 Å². The number of aromatic hydroxyl groups is 2. The summed E-state index contributed by atoms with van der Waals surface area (Å²) in [5, 5.41) is 22.5. The van der Waals surface area contributed by atoms with E-state index < -0.39 is 14.4 Å². The predicted octanol–water partition coefficient (Wildman–Crippen LogP) is 5.74. The Morgan fingerprint density at radius 1 is 0.838 bits per heavy atom. The fourth-order valence-corrected chi connectivity index (χ4v) is 9.58. The van der Waals surface area contributed by atoms with Crippen molar-refractivity contribution < 1.29 is 24.2 Å². The zero-order valence-corrected chi connectivity index (χ0v) is 22.1. The minimum atomic E-state index is -2.94. The number of ether oxygens (including phenoxy) is 1. The van der Waals surface area contributed by atoms with Gasteiger partial charge in [0.2, 0.25) is 0 Å². The Morgan fingerprint density at radius 2 is 1.41 bits per heavy atom. The summed E-state index contributed by atoms with van der Waals surface area (Å²) in [6, 6.07) is 30.3. The van der Waals surface area contributed by atoms with Crippen LogP contribution >= 0.6 is 0 Å². The van der Waals surface area contributed by atoms with Gasteiger partial charge in [-0.25, -0.2) is 0 Å². The number of fused-ring (bicyclic) bond motifs is 1. The smallest absolute Gasteiger partial charge is 0.319 e. The zero-order valence-electron chi connectivity index (χ0n) is 21.1. The Labute approximate surface area is 218 Å². The first kappa shape index (κ1) is 24.7. The van der Waals surface area contributed by atoms with Crippen molar-refractivity contribution in [2.24, 2.45) is 0 Å². The highest BCUT2D eigenvalue weighted by Gasteiger charge is 2.52. The number of benzene rings is 4. The van der Waals surface area contributed by atoms with Crippen LogP contribution in [-0.2, 0) is 0 Å². The van der Waals surface area contributed by atoms with Gasteiger partial charge in [-0.1, -0.05) is 93.6 Å². The summed E-state index contributed by atoms with van der Waals surface area (Å²) in [5.74, 6) is 0.533. The van der Waals surface area contributed by atoms with Gasteiger partial charge in [0.05, 0.1) is 6.42 Å². The standard InChI is InChI=1S/C31H30O5Si/c1-31(2,3)37(24-10-6-4-7-11-24,25-12-8-5-9-13-25)36-23-18-26(33)30-27(34)20-28(35-29(30)19-23)21-14-16-22(32)17-15-21/h4-19,28,32-33H,20H2,1-3H3. The third-order valence-electron chi connectivity index (χ3n) is 6.93. The van der Waals surface area contributed by atoms with Crippen LogP contribution in [0.1, 0.15) is 49.2 Å². The summed E-state index contributed by atoms with van der Waals surface area (Å²) in [6.45, 7) is 6.54. The highest BCUT2D eigenvalue weighted by atomic mass is 28.4. The molecule has 2 N–H and O–H groups in total. The van der Waals surface area contributed by atoms with E-state index in [0.717, 1.165) is 15.9 Å². The summed E-state index contributed by atoms with van der Waals surface area (Å²) in [5.41, 5.74) is 0.944. The molecule has 0 amide bonds. The van der Waals surface area contributed by atoms with Crippen LogP contribution in [0.25, 0.3) is 0 Å². The van der Waals surface area contributed by atoms with E-state index in [1.807, 2.05) is 36.4 Å². The number of carbonyl (C=O) groups is 1. The molecule has 0 saturated carbocycles. The average molecular weight is 511 g/mol. The van der Waals surface area contributed by atoms with E-state index in [-0.39, 0.29) is 34.3 Å². The van der Waals surface area contributed by atoms with Gasteiger partial charge in [0.25, 0.3) is 0 Å². The topological polar surface area (TPSA) is 76.0 Å². The van der Waals surface area contributed by atoms with E-state index in [1.54, 1.807) is 30.3 Å². The first-order valence-electron chi connectivity index (χ1n) is 12.3. The number of ketones is 1. The van der Waals surface area contributed by atoms with E-state index in [0.29, 0.717) is 11.5 Å². The van der Waals surface area contributed by atoms with Gasteiger partial charge in [-0.05, 0) is 33.1 Å². The first-order chi connectivity index (χ1) is 17.7. The van der Waals surface area contributed by atoms with Gasteiger partial charge < -0.3 is 19.4 Å². The minimum Gasteiger partial charge on any atom is -0.534 e. The third kappa shape index (κ3) is 4.49. The first-order valence-corrected chi connectivity index (χ1v) is 14.3. The Hall–Kier alpha value is -4.03. The Balaban J connectivity index is 1.62. The molecule has 0 saturated heterocycles. The van der Waals surface area contributed by atoms with Gasteiger partial charge in [-0.2, -0.15) is 0 Å². The minimum absolute atomic E-state index is 0.0975. The molecule has 0 bridgehead atoms. The Bertz CT molecular complexity index is 1370. The molecule has 0 aliphatic carbocycles. The van der Waals surface area contributed by atoms with Gasteiger partial charge in [0.15, 0.2) is 5.78 Å². The maximum absolute atomic E-state index is 13.0. The van der Waals surface area contributed by atoms with Gasteiger partial charge in [-0.15, -0.1) is 0 Å². The molecular formula is C31H30O5Si. The molecule has 6 heteroatoms. The van der Waals surface area contributed by atoms with Gasteiger partial charge in [0.1, 0.15) is 34.7 Å². The van der Waals surface area contributed by atoms with Crippen LogP contribution in [0.3, 0.4) is 0 Å². The SMILES string of the molecule is CC(C)(C)[Si](Oc1cc(O)c2c(c1)OC(c1ccc(O)cc1)CC2=O)(c1ccccc1)c1ccccc1. The second-order valence-electron chi connectivity index (χ2n) is 10.4. The number of phenolic OH excluding ortho intramolecular Hbond substituents is 2. The maximum Gasteiger partial charge on any atom is 0.319 e. The van der Waals surface area contributed by atoms with Gasteiger partial charge in [-0.3, -0.25) is 4.79 Å². The van der Waals surface area contributed by atoms with Crippen LogP contribution < -0.4 is 19.5 Å². The summed E-state index contributed by atoms with van der Waals surface area (Å²) in [6.07, 6.45) is -0.427. The van der Waals surface area contributed by atoms with Crippen LogP contribution in [0.5, 0.6) is 23.0 Å². The van der Waals surface area contributed by atoms with E-state index in [4.69, 9.17) is 9.16 Å². The molecule has 1 aliphatic heterocycles. The highest BCUT2D eigenvalue weighted by Crippen LogP contribution is 2.44. The summed E-state index contributed by atoms with van der Waals surface area (Å²) in [7, 11) is -2.94. The third-order valence-corrected chi connectivity index (χ3v) is 11.9. The van der Waals surface area contributed by atoms with Gasteiger partial charge >= 0.3 is 8.32 Å². The molecule has 1 atom stereocenters. The molecule has 4 aromatic rings. The van der Waals surface area contributed by atoms with E-state index in [2.05, 4.69) is 45.0 Å². The molecule has 1 heterocycles. The lowest BCUT2D eigenvalue weighted by molar-refractivity contribution is 0.0845. The monoisotopic (exact) mass is 510 g/mol. The van der Waals surface area contributed by atoms with Crippen LogP contribution in [-0.4, -0.2) is 24.3 Å². The molecule has 188 valence electrons. The Kier molecular flexibility index (Phi) is 6.29. The molecule has 0 fully saturated rings. The molecule has 1 unspecified atom stereocenters. The van der Waals surface area contributed by atoms with Crippen LogP contribution in [0.4, 0.5) is 0 Å². The van der Waals surface area contributed by atoms with Crippen molar-refractivity contribution in [2.75, 3.05) is 0 Å². The number of hydrogen-bond acceptors (Lipinski definition) is 5. The van der Waals surface area contributed by atoms with Crippen molar-refractivity contribution in [2.45, 2.75) is 38.3 Å². The van der Waals surface area contributed by atoms with Crippen molar-refractivity contribution in [1.82, 2.24) is 0 Å². The molecule has 0 radical (unpaired) electrons. The molecule has 0 aromatic heterocycles. The Morgan fingerprint density at radius 3 is 1.95 bits per heavy atom. The van der Waals surface area contributed by atoms with Crippen molar-refractivity contribution in [3.05, 3.63) is 108 Å². The van der Waals surface area contributed by atoms with Crippen LogP contribution in [0.2, 0.25) is 5.04 Å². The zero-order chi connectivity index (χ0) is 26.2. The number of rotatable bonds is 5. The normalized spacial score (nSPS) is 15.5. The van der Waals surface area contributed by atoms with E-state index in [9.17, 15) is 15.0 Å². The number of carbonyl (C=O) groups excluding carboxylic acids is 1. The summed E-state index contributed by atoms with van der Waals surface area (Å²) >= 11 is 0. The van der Waals surface area contributed by atoms with Gasteiger partial charge in [0, 0.05) is 12.1 Å². The lowest BCUT2D eigenvalue weighted by atomic mass is 9.95. The predicted molar refractivity (Wildman–Crippen MR) is 147 cm³/mol. The number of hydrogen-bond donors (Lipinski definition) is 2. The van der Waals surface area contributed by atoms with Crippen molar-refractivity contribution >= 4 is 24.5 Å². The second-order valence-corrected chi connectivity index (χ2v) is 14.6. The molecular weight excluding hydrogens is 480 g/mol. The van der Waals surface area contributed by atoms with Crippen LogP contribution in [0.15, 0.2) is 97.1 Å². The molecule has 4 aromatic carbocycles. The molecule has 0 spiro atoms. The lowest BCUT2D eigenvalue weighted by Crippen LogP contribution is -2.68. The second kappa shape index (κ2) is 9.45. The highest BCUT2D eigenvalue weighted by molar-refractivity contribution is 7.00. The maximum atomic E-state index is 13.0. The quantitative estimate of drug-likeness (QED) is 0.335.